The number of carbonyl (C=O) groups is 1. The van der Waals surface area contributed by atoms with Crippen molar-refractivity contribution in [2.45, 2.75) is 26.2 Å². The van der Waals surface area contributed by atoms with E-state index in [1.807, 2.05) is 25.1 Å². The lowest BCUT2D eigenvalue weighted by atomic mass is 9.90. The van der Waals surface area contributed by atoms with Crippen LogP contribution in [0.1, 0.15) is 39.5 Å². The third kappa shape index (κ3) is 3.39. The summed E-state index contributed by atoms with van der Waals surface area (Å²) in [6.45, 7) is 5.61. The number of rotatable bonds is 3. The molecule has 1 amide bonds. The van der Waals surface area contributed by atoms with Crippen molar-refractivity contribution in [3.8, 4) is 0 Å². The zero-order valence-corrected chi connectivity index (χ0v) is 16.1. The minimum absolute atomic E-state index is 0.0418. The van der Waals surface area contributed by atoms with Gasteiger partial charge in [0.15, 0.2) is 0 Å². The first kappa shape index (κ1) is 17.5. The monoisotopic (exact) mass is 359 g/mol. The van der Waals surface area contributed by atoms with Crippen LogP contribution in [0.2, 0.25) is 0 Å². The number of fused-ring (bicyclic) bond motifs is 2. The normalized spacial score (nSPS) is 16.3. The summed E-state index contributed by atoms with van der Waals surface area (Å²) in [6, 6.07) is 16.6. The molecule has 0 saturated carbocycles. The van der Waals surface area contributed by atoms with Crippen LogP contribution in [-0.2, 0) is 0 Å². The highest BCUT2D eigenvalue weighted by Gasteiger charge is 2.23. The van der Waals surface area contributed by atoms with Crippen molar-refractivity contribution >= 4 is 22.5 Å². The summed E-state index contributed by atoms with van der Waals surface area (Å²) in [5, 5.41) is 4.16. The van der Waals surface area contributed by atoms with Crippen LogP contribution in [0, 0.1) is 13.8 Å². The summed E-state index contributed by atoms with van der Waals surface area (Å²) in [7, 11) is 2.12. The second-order valence-corrected chi connectivity index (χ2v) is 7.49. The second kappa shape index (κ2) is 7.03. The molecular formula is C23H25N3O. The molecule has 4 heteroatoms. The minimum atomic E-state index is -0.0418. The third-order valence-electron chi connectivity index (χ3n) is 5.52. The minimum Gasteiger partial charge on any atom is -0.374 e. The summed E-state index contributed by atoms with van der Waals surface area (Å²) in [4.78, 5) is 19.7. The summed E-state index contributed by atoms with van der Waals surface area (Å²) in [5.74, 6) is 0.303. The second-order valence-electron chi connectivity index (χ2n) is 7.49. The van der Waals surface area contributed by atoms with Gasteiger partial charge < -0.3 is 10.2 Å². The van der Waals surface area contributed by atoms with Crippen LogP contribution >= 0.6 is 0 Å². The van der Waals surface area contributed by atoms with E-state index in [4.69, 9.17) is 0 Å². The molecule has 0 aliphatic carbocycles. The van der Waals surface area contributed by atoms with E-state index >= 15 is 0 Å². The molecule has 4 rings (SSSR count). The summed E-state index contributed by atoms with van der Waals surface area (Å²) < 4.78 is 0. The third-order valence-corrected chi connectivity index (χ3v) is 5.52. The fourth-order valence-electron chi connectivity index (χ4n) is 3.95. The van der Waals surface area contributed by atoms with E-state index in [2.05, 4.69) is 59.5 Å². The molecule has 0 fully saturated rings. The van der Waals surface area contributed by atoms with Gasteiger partial charge in [0.25, 0.3) is 5.91 Å². The molecule has 1 aliphatic rings. The van der Waals surface area contributed by atoms with Crippen molar-refractivity contribution in [1.82, 2.24) is 10.3 Å². The van der Waals surface area contributed by atoms with Gasteiger partial charge in [-0.15, -0.1) is 0 Å². The molecular weight excluding hydrogens is 334 g/mol. The van der Waals surface area contributed by atoms with Crippen LogP contribution in [-0.4, -0.2) is 31.0 Å². The van der Waals surface area contributed by atoms with Crippen molar-refractivity contribution < 1.29 is 4.79 Å². The first-order valence-electron chi connectivity index (χ1n) is 9.49. The zero-order chi connectivity index (χ0) is 19.0. The molecule has 0 bridgehead atoms. The van der Waals surface area contributed by atoms with Gasteiger partial charge in [-0.3, -0.25) is 9.78 Å². The molecule has 0 radical (unpaired) electrons. The number of para-hydroxylation sites is 1. The Bertz CT molecular complexity index is 1010. The molecule has 3 aromatic rings. The average Bonchev–Trinajstić information content (AvgIpc) is 2.67. The average molecular weight is 359 g/mol. The molecule has 1 atom stereocenters. The molecule has 1 aliphatic heterocycles. The fourth-order valence-corrected chi connectivity index (χ4v) is 3.95. The Labute approximate surface area is 160 Å². The van der Waals surface area contributed by atoms with Gasteiger partial charge in [0.1, 0.15) is 0 Å². The number of amides is 1. The molecule has 27 heavy (non-hydrogen) atoms. The van der Waals surface area contributed by atoms with Crippen molar-refractivity contribution in [1.29, 1.82) is 0 Å². The number of carbonyl (C=O) groups excluding carboxylic acids is 1. The van der Waals surface area contributed by atoms with Crippen molar-refractivity contribution in [3.05, 3.63) is 70.9 Å². The number of nitrogens with one attached hydrogen (secondary N) is 1. The Kier molecular flexibility index (Phi) is 4.56. The van der Waals surface area contributed by atoms with Crippen LogP contribution < -0.4 is 10.2 Å². The van der Waals surface area contributed by atoms with E-state index in [1.54, 1.807) is 0 Å². The Morgan fingerprint density at radius 2 is 2.00 bits per heavy atom. The number of hydrogen-bond donors (Lipinski definition) is 1. The predicted molar refractivity (Wildman–Crippen MR) is 111 cm³/mol. The standard InChI is InChI=1S/C23H25N3O/c1-15-8-9-21-18(12-15)13-20(16(2)25-21)23(27)24-14-17-10-11-26(3)22-7-5-4-6-19(17)22/h4-9,12-13,17H,10-11,14H2,1-3H3,(H,24,27)/t17-/m1/s1. The number of aryl methyl sites for hydroxylation is 2. The largest absolute Gasteiger partial charge is 0.374 e. The van der Waals surface area contributed by atoms with Gasteiger partial charge in [-0.2, -0.15) is 0 Å². The highest BCUT2D eigenvalue weighted by atomic mass is 16.1. The SMILES string of the molecule is Cc1ccc2nc(C)c(C(=O)NC[C@H]3CCN(C)c4ccccc43)cc2c1. The molecule has 1 N–H and O–H groups in total. The van der Waals surface area contributed by atoms with Gasteiger partial charge in [-0.25, -0.2) is 0 Å². The molecule has 0 spiro atoms. The summed E-state index contributed by atoms with van der Waals surface area (Å²) in [6.07, 6.45) is 1.04. The summed E-state index contributed by atoms with van der Waals surface area (Å²) >= 11 is 0. The molecule has 2 aromatic carbocycles. The number of aromatic nitrogens is 1. The molecule has 138 valence electrons. The maximum absolute atomic E-state index is 12.9. The fraction of sp³-hybridized carbons (Fsp3) is 0.304. The van der Waals surface area contributed by atoms with Crippen molar-refractivity contribution in [2.24, 2.45) is 0 Å². The first-order valence-corrected chi connectivity index (χ1v) is 9.49. The van der Waals surface area contributed by atoms with Crippen LogP contribution in [0.25, 0.3) is 10.9 Å². The van der Waals surface area contributed by atoms with Gasteiger partial charge in [0.2, 0.25) is 0 Å². The highest BCUT2D eigenvalue weighted by molar-refractivity contribution is 5.98. The van der Waals surface area contributed by atoms with Gasteiger partial charge in [-0.1, -0.05) is 29.8 Å². The lowest BCUT2D eigenvalue weighted by molar-refractivity contribution is 0.0949. The van der Waals surface area contributed by atoms with E-state index in [9.17, 15) is 4.79 Å². The molecule has 1 aromatic heterocycles. The molecule has 4 nitrogen and oxygen atoms in total. The quantitative estimate of drug-likeness (QED) is 0.762. The zero-order valence-electron chi connectivity index (χ0n) is 16.1. The highest BCUT2D eigenvalue weighted by Crippen LogP contribution is 2.33. The molecule has 2 heterocycles. The van der Waals surface area contributed by atoms with Crippen molar-refractivity contribution in [2.75, 3.05) is 25.0 Å². The maximum Gasteiger partial charge on any atom is 0.253 e. The van der Waals surface area contributed by atoms with E-state index in [0.29, 0.717) is 18.0 Å². The van der Waals surface area contributed by atoms with Gasteiger partial charge >= 0.3 is 0 Å². The van der Waals surface area contributed by atoms with Crippen molar-refractivity contribution in [3.63, 3.8) is 0 Å². The maximum atomic E-state index is 12.9. The van der Waals surface area contributed by atoms with Crippen LogP contribution in [0.4, 0.5) is 5.69 Å². The Balaban J connectivity index is 1.54. The first-order chi connectivity index (χ1) is 13.0. The van der Waals surface area contributed by atoms with E-state index in [1.165, 1.54) is 16.8 Å². The number of benzene rings is 2. The lowest BCUT2D eigenvalue weighted by Crippen LogP contribution is -2.34. The van der Waals surface area contributed by atoms with E-state index in [-0.39, 0.29) is 5.91 Å². The van der Waals surface area contributed by atoms with Gasteiger partial charge in [0.05, 0.1) is 16.8 Å². The van der Waals surface area contributed by atoms with Crippen LogP contribution in [0.3, 0.4) is 0 Å². The Hall–Kier alpha value is -2.88. The van der Waals surface area contributed by atoms with Crippen LogP contribution in [0.5, 0.6) is 0 Å². The smallest absolute Gasteiger partial charge is 0.253 e. The van der Waals surface area contributed by atoms with Gasteiger partial charge in [0, 0.05) is 37.1 Å². The van der Waals surface area contributed by atoms with Crippen LogP contribution in [0.15, 0.2) is 48.5 Å². The predicted octanol–water partition coefficient (Wildman–Crippen LogP) is 4.21. The topological polar surface area (TPSA) is 45.2 Å². The number of nitrogens with zero attached hydrogens (tertiary/aromatic N) is 2. The lowest BCUT2D eigenvalue weighted by Gasteiger charge is -2.33. The summed E-state index contributed by atoms with van der Waals surface area (Å²) in [5.41, 5.74) is 6.11. The Morgan fingerprint density at radius 1 is 1.19 bits per heavy atom. The molecule has 0 unspecified atom stereocenters. The number of anilines is 1. The van der Waals surface area contributed by atoms with E-state index < -0.39 is 0 Å². The number of hydrogen-bond acceptors (Lipinski definition) is 3. The van der Waals surface area contributed by atoms with Gasteiger partial charge in [-0.05, 0) is 50.1 Å². The van der Waals surface area contributed by atoms with E-state index in [0.717, 1.165) is 29.6 Å². The molecule has 0 saturated heterocycles. The Morgan fingerprint density at radius 3 is 2.85 bits per heavy atom. The number of pyridine rings is 1.